The number of rotatable bonds is 5. The third-order valence-electron chi connectivity index (χ3n) is 5.65. The molecule has 1 aliphatic rings. The van der Waals surface area contributed by atoms with Gasteiger partial charge < -0.3 is 19.3 Å². The fraction of sp³-hybridized carbons (Fsp3) is 0.0690. The van der Waals surface area contributed by atoms with Gasteiger partial charge in [0.2, 0.25) is 0 Å². The van der Waals surface area contributed by atoms with Crippen LogP contribution in [0.15, 0.2) is 97.1 Å². The molecule has 4 aromatic carbocycles. The molecule has 0 aromatic heterocycles. The normalized spacial score (nSPS) is 14.3. The highest BCUT2D eigenvalue weighted by molar-refractivity contribution is 6.04. The van der Waals surface area contributed by atoms with Crippen LogP contribution in [0.2, 0.25) is 0 Å². The maximum atomic E-state index is 13.1. The molecule has 1 heterocycles. The fourth-order valence-electron chi connectivity index (χ4n) is 3.90. The molecule has 0 saturated heterocycles. The van der Waals surface area contributed by atoms with Crippen LogP contribution in [-0.4, -0.2) is 22.8 Å². The number of phenols is 1. The first-order valence-electron chi connectivity index (χ1n) is 11.2. The molecule has 0 amide bonds. The quantitative estimate of drug-likeness (QED) is 0.296. The van der Waals surface area contributed by atoms with E-state index in [-0.39, 0.29) is 35.0 Å². The van der Waals surface area contributed by atoms with Gasteiger partial charge in [0, 0.05) is 12.1 Å². The van der Waals surface area contributed by atoms with Gasteiger partial charge in [-0.2, -0.15) is 0 Å². The number of aromatic hydroxyl groups is 1. The second kappa shape index (κ2) is 9.76. The zero-order valence-electron chi connectivity index (χ0n) is 18.9. The molecule has 7 heteroatoms. The van der Waals surface area contributed by atoms with Crippen LogP contribution in [0, 0.1) is 0 Å². The number of benzene rings is 4. The minimum Gasteiger partial charge on any atom is -0.508 e. The number of Topliss-reactive ketones (excluding diaryl/α,β-unsaturated/α-hetero) is 1. The maximum Gasteiger partial charge on any atom is 0.343 e. The van der Waals surface area contributed by atoms with Crippen molar-refractivity contribution in [1.29, 1.82) is 0 Å². The molecule has 178 valence electrons. The number of carbonyl (C=O) groups is 3. The molecule has 4 aromatic rings. The molecule has 1 atom stereocenters. The lowest BCUT2D eigenvalue weighted by molar-refractivity contribution is 0.0718. The van der Waals surface area contributed by atoms with Gasteiger partial charge in [-0.25, -0.2) is 9.59 Å². The standard InChI is InChI=1S/C29H20O7/c30-21-15-25-27(26(16-21)36-29(33)20-9-5-2-6-10-20)23(31)17-24(35-25)18-11-13-22(14-12-18)34-28(32)19-7-3-1-4-8-19/h1-16,24,30H,17H2. The summed E-state index contributed by atoms with van der Waals surface area (Å²) in [4.78, 5) is 37.8. The second-order valence-corrected chi connectivity index (χ2v) is 8.13. The Bertz CT molecular complexity index is 1430. The van der Waals surface area contributed by atoms with Crippen molar-refractivity contribution in [3.05, 3.63) is 119 Å². The summed E-state index contributed by atoms with van der Waals surface area (Å²) in [5.74, 6) is -1.23. The summed E-state index contributed by atoms with van der Waals surface area (Å²) in [6, 6.07) is 26.2. The van der Waals surface area contributed by atoms with Crippen LogP contribution in [0.4, 0.5) is 0 Å². The summed E-state index contributed by atoms with van der Waals surface area (Å²) in [5.41, 5.74) is 1.52. The van der Waals surface area contributed by atoms with Crippen LogP contribution in [0.25, 0.3) is 0 Å². The highest BCUT2D eigenvalue weighted by atomic mass is 16.5. The summed E-state index contributed by atoms with van der Waals surface area (Å²) < 4.78 is 16.8. The third-order valence-corrected chi connectivity index (χ3v) is 5.65. The number of ketones is 1. The van der Waals surface area contributed by atoms with Gasteiger partial charge in [0.15, 0.2) is 5.78 Å². The molecular formula is C29H20O7. The van der Waals surface area contributed by atoms with Crippen LogP contribution in [0.1, 0.15) is 49.2 Å². The van der Waals surface area contributed by atoms with E-state index in [0.29, 0.717) is 22.4 Å². The summed E-state index contributed by atoms with van der Waals surface area (Å²) in [6.45, 7) is 0. The van der Waals surface area contributed by atoms with Crippen LogP contribution in [0.3, 0.4) is 0 Å². The molecular weight excluding hydrogens is 460 g/mol. The third kappa shape index (κ3) is 4.81. The monoisotopic (exact) mass is 480 g/mol. The van der Waals surface area contributed by atoms with Crippen molar-refractivity contribution in [3.63, 3.8) is 0 Å². The van der Waals surface area contributed by atoms with Crippen molar-refractivity contribution in [1.82, 2.24) is 0 Å². The first kappa shape index (κ1) is 22.9. The van der Waals surface area contributed by atoms with Gasteiger partial charge >= 0.3 is 11.9 Å². The van der Waals surface area contributed by atoms with Gasteiger partial charge in [-0.15, -0.1) is 0 Å². The Morgan fingerprint density at radius 3 is 1.97 bits per heavy atom. The zero-order valence-corrected chi connectivity index (χ0v) is 18.9. The second-order valence-electron chi connectivity index (χ2n) is 8.13. The van der Waals surface area contributed by atoms with Crippen molar-refractivity contribution in [2.45, 2.75) is 12.5 Å². The Balaban J connectivity index is 1.34. The van der Waals surface area contributed by atoms with Gasteiger partial charge in [0.1, 0.15) is 34.7 Å². The van der Waals surface area contributed by atoms with Crippen molar-refractivity contribution >= 4 is 17.7 Å². The summed E-state index contributed by atoms with van der Waals surface area (Å²) in [6.07, 6.45) is -0.639. The number of hydrogen-bond donors (Lipinski definition) is 1. The van der Waals surface area contributed by atoms with Crippen LogP contribution in [0.5, 0.6) is 23.0 Å². The molecule has 1 unspecified atom stereocenters. The number of ether oxygens (including phenoxy) is 3. The van der Waals surface area contributed by atoms with Crippen LogP contribution >= 0.6 is 0 Å². The minimum absolute atomic E-state index is 0.00316. The van der Waals surface area contributed by atoms with E-state index in [1.807, 2.05) is 6.07 Å². The average Bonchev–Trinajstić information content (AvgIpc) is 2.89. The van der Waals surface area contributed by atoms with Gasteiger partial charge in [-0.1, -0.05) is 48.5 Å². The van der Waals surface area contributed by atoms with Gasteiger partial charge in [-0.05, 0) is 42.0 Å². The average molecular weight is 480 g/mol. The Hall–Kier alpha value is -4.91. The SMILES string of the molecule is O=C(Oc1ccc(C2CC(=O)c3c(OC(=O)c4ccccc4)cc(O)cc3O2)cc1)c1ccccc1. The van der Waals surface area contributed by atoms with E-state index in [4.69, 9.17) is 14.2 Å². The number of hydrogen-bond acceptors (Lipinski definition) is 7. The first-order valence-corrected chi connectivity index (χ1v) is 11.2. The molecule has 7 nitrogen and oxygen atoms in total. The van der Waals surface area contributed by atoms with E-state index in [1.165, 1.54) is 12.1 Å². The Kier molecular flexibility index (Phi) is 6.19. The minimum atomic E-state index is -0.654. The zero-order chi connectivity index (χ0) is 25.1. The molecule has 0 radical (unpaired) electrons. The molecule has 5 rings (SSSR count). The van der Waals surface area contributed by atoms with Gasteiger partial charge in [-0.3, -0.25) is 4.79 Å². The molecule has 0 bridgehead atoms. The fourth-order valence-corrected chi connectivity index (χ4v) is 3.90. The molecule has 1 aliphatic heterocycles. The number of fused-ring (bicyclic) bond motifs is 1. The van der Waals surface area contributed by atoms with E-state index in [0.717, 1.165) is 0 Å². The maximum absolute atomic E-state index is 13.1. The number of phenolic OH excluding ortho intramolecular Hbond substituents is 1. The topological polar surface area (TPSA) is 99.1 Å². The predicted molar refractivity (Wildman–Crippen MR) is 130 cm³/mol. The van der Waals surface area contributed by atoms with Gasteiger partial charge in [0.05, 0.1) is 17.5 Å². The number of esters is 2. The molecule has 0 fully saturated rings. The summed E-state index contributed by atoms with van der Waals surface area (Å²) >= 11 is 0. The van der Waals surface area contributed by atoms with Crippen molar-refractivity contribution in [2.75, 3.05) is 0 Å². The summed E-state index contributed by atoms with van der Waals surface area (Å²) in [7, 11) is 0. The highest BCUT2D eigenvalue weighted by Gasteiger charge is 2.32. The first-order chi connectivity index (χ1) is 17.5. The van der Waals surface area contributed by atoms with Gasteiger partial charge in [0.25, 0.3) is 0 Å². The summed E-state index contributed by atoms with van der Waals surface area (Å²) in [5, 5.41) is 10.2. The Morgan fingerprint density at radius 1 is 0.778 bits per heavy atom. The largest absolute Gasteiger partial charge is 0.508 e. The smallest absolute Gasteiger partial charge is 0.343 e. The molecule has 0 spiro atoms. The lowest BCUT2D eigenvalue weighted by Gasteiger charge is -2.27. The van der Waals surface area contributed by atoms with E-state index >= 15 is 0 Å². The highest BCUT2D eigenvalue weighted by Crippen LogP contribution is 2.42. The Labute approximate surface area is 206 Å². The lowest BCUT2D eigenvalue weighted by atomic mass is 9.95. The molecule has 1 N–H and O–H groups in total. The van der Waals surface area contributed by atoms with Crippen LogP contribution in [-0.2, 0) is 0 Å². The van der Waals surface area contributed by atoms with Crippen molar-refractivity contribution in [3.8, 4) is 23.0 Å². The molecule has 0 saturated carbocycles. The van der Waals surface area contributed by atoms with E-state index in [2.05, 4.69) is 0 Å². The van der Waals surface area contributed by atoms with Crippen LogP contribution < -0.4 is 14.2 Å². The van der Waals surface area contributed by atoms with Crippen molar-refractivity contribution < 1.29 is 33.7 Å². The molecule has 36 heavy (non-hydrogen) atoms. The van der Waals surface area contributed by atoms with E-state index in [1.54, 1.807) is 78.9 Å². The Morgan fingerprint density at radius 2 is 1.36 bits per heavy atom. The molecule has 0 aliphatic carbocycles. The number of carbonyl (C=O) groups excluding carboxylic acids is 3. The van der Waals surface area contributed by atoms with E-state index in [9.17, 15) is 19.5 Å². The lowest BCUT2D eigenvalue weighted by Crippen LogP contribution is -2.22. The van der Waals surface area contributed by atoms with Crippen molar-refractivity contribution in [2.24, 2.45) is 0 Å². The predicted octanol–water partition coefficient (Wildman–Crippen LogP) is 5.54. The van der Waals surface area contributed by atoms with E-state index < -0.39 is 18.0 Å².